The van der Waals surface area contributed by atoms with Crippen molar-refractivity contribution in [3.8, 4) is 11.1 Å². The van der Waals surface area contributed by atoms with E-state index in [9.17, 15) is 0 Å². The Morgan fingerprint density at radius 3 is 2.72 bits per heavy atom. The van der Waals surface area contributed by atoms with Gasteiger partial charge >= 0.3 is 0 Å². The maximum absolute atomic E-state index is 6.01. The van der Waals surface area contributed by atoms with Gasteiger partial charge in [-0.15, -0.1) is 0 Å². The van der Waals surface area contributed by atoms with Crippen LogP contribution in [-0.2, 0) is 6.42 Å². The molecule has 0 unspecified atom stereocenters. The van der Waals surface area contributed by atoms with Crippen molar-refractivity contribution < 1.29 is 0 Å². The molecule has 0 spiro atoms. The van der Waals surface area contributed by atoms with Crippen LogP contribution in [0.5, 0.6) is 0 Å². The number of aromatic amines is 1. The molecule has 1 aromatic heterocycles. The second-order valence-corrected chi connectivity index (χ2v) is 4.88. The first kappa shape index (κ1) is 12.7. The number of nitrogen functional groups attached to an aromatic ring is 1. The SMILES string of the molecule is CCCCc1[nH]nc(N)c1-c1ccc(C)cc1C. The van der Waals surface area contributed by atoms with E-state index >= 15 is 0 Å². The zero-order valence-electron chi connectivity index (χ0n) is 11.4. The van der Waals surface area contributed by atoms with Crippen molar-refractivity contribution in [2.75, 3.05) is 5.73 Å². The predicted molar refractivity (Wildman–Crippen MR) is 76.5 cm³/mol. The van der Waals surface area contributed by atoms with Crippen LogP contribution in [0.2, 0.25) is 0 Å². The lowest BCUT2D eigenvalue weighted by molar-refractivity contribution is 0.773. The molecule has 3 heteroatoms. The van der Waals surface area contributed by atoms with Crippen molar-refractivity contribution >= 4 is 5.82 Å². The summed E-state index contributed by atoms with van der Waals surface area (Å²) >= 11 is 0. The molecule has 0 saturated carbocycles. The molecular formula is C15H21N3. The van der Waals surface area contributed by atoms with Gasteiger partial charge < -0.3 is 5.73 Å². The van der Waals surface area contributed by atoms with Crippen molar-refractivity contribution in [3.05, 3.63) is 35.0 Å². The highest BCUT2D eigenvalue weighted by molar-refractivity contribution is 5.78. The van der Waals surface area contributed by atoms with Crippen molar-refractivity contribution in [1.82, 2.24) is 10.2 Å². The first-order valence-electron chi connectivity index (χ1n) is 6.53. The fourth-order valence-electron chi connectivity index (χ4n) is 2.32. The Hall–Kier alpha value is -1.77. The van der Waals surface area contributed by atoms with Gasteiger partial charge in [-0.05, 0) is 37.8 Å². The smallest absolute Gasteiger partial charge is 0.153 e. The van der Waals surface area contributed by atoms with Gasteiger partial charge in [0.2, 0.25) is 0 Å². The Kier molecular flexibility index (Phi) is 3.70. The van der Waals surface area contributed by atoms with E-state index in [0.29, 0.717) is 5.82 Å². The largest absolute Gasteiger partial charge is 0.382 e. The summed E-state index contributed by atoms with van der Waals surface area (Å²) in [6.45, 7) is 6.42. The van der Waals surface area contributed by atoms with E-state index in [4.69, 9.17) is 5.73 Å². The average Bonchev–Trinajstić information content (AvgIpc) is 2.68. The monoisotopic (exact) mass is 243 g/mol. The van der Waals surface area contributed by atoms with Crippen LogP contribution >= 0.6 is 0 Å². The minimum absolute atomic E-state index is 0.605. The zero-order valence-corrected chi connectivity index (χ0v) is 11.4. The van der Waals surface area contributed by atoms with Gasteiger partial charge in [0.05, 0.1) is 0 Å². The minimum Gasteiger partial charge on any atom is -0.382 e. The summed E-state index contributed by atoms with van der Waals surface area (Å²) in [5, 5.41) is 7.24. The lowest BCUT2D eigenvalue weighted by atomic mass is 9.97. The van der Waals surface area contributed by atoms with Gasteiger partial charge in [-0.25, -0.2) is 0 Å². The number of aromatic nitrogens is 2. The van der Waals surface area contributed by atoms with E-state index in [0.717, 1.165) is 24.1 Å². The lowest BCUT2D eigenvalue weighted by Crippen LogP contribution is -1.94. The molecule has 0 bridgehead atoms. The second kappa shape index (κ2) is 5.25. The van der Waals surface area contributed by atoms with Crippen LogP contribution in [0.25, 0.3) is 11.1 Å². The average molecular weight is 243 g/mol. The van der Waals surface area contributed by atoms with Crippen molar-refractivity contribution in [2.45, 2.75) is 40.0 Å². The number of hydrogen-bond acceptors (Lipinski definition) is 2. The van der Waals surface area contributed by atoms with Crippen LogP contribution in [0, 0.1) is 13.8 Å². The van der Waals surface area contributed by atoms with E-state index in [1.165, 1.54) is 23.1 Å². The quantitative estimate of drug-likeness (QED) is 0.861. The molecule has 0 atom stereocenters. The molecule has 3 nitrogen and oxygen atoms in total. The van der Waals surface area contributed by atoms with Crippen LogP contribution in [0.15, 0.2) is 18.2 Å². The Morgan fingerprint density at radius 1 is 1.28 bits per heavy atom. The number of nitrogens with two attached hydrogens (primary N) is 1. The fraction of sp³-hybridized carbons (Fsp3) is 0.400. The predicted octanol–water partition coefficient (Wildman–Crippen LogP) is 3.62. The molecule has 18 heavy (non-hydrogen) atoms. The molecule has 1 heterocycles. The van der Waals surface area contributed by atoms with Crippen molar-refractivity contribution in [2.24, 2.45) is 0 Å². The second-order valence-electron chi connectivity index (χ2n) is 4.88. The summed E-state index contributed by atoms with van der Waals surface area (Å²) in [7, 11) is 0. The van der Waals surface area contributed by atoms with Gasteiger partial charge in [-0.2, -0.15) is 5.10 Å². The normalized spacial score (nSPS) is 10.8. The summed E-state index contributed by atoms with van der Waals surface area (Å²) in [5.41, 5.74) is 12.0. The standard InChI is InChI=1S/C15H21N3/c1-4-5-6-13-14(15(16)18-17-13)12-8-7-10(2)9-11(12)3/h7-9H,4-6H2,1-3H3,(H3,16,17,18). The van der Waals surface area contributed by atoms with Gasteiger partial charge in [0.25, 0.3) is 0 Å². The molecule has 3 N–H and O–H groups in total. The topological polar surface area (TPSA) is 54.7 Å². The Balaban J connectivity index is 2.45. The maximum atomic E-state index is 6.01. The summed E-state index contributed by atoms with van der Waals surface area (Å²) in [6.07, 6.45) is 3.33. The summed E-state index contributed by atoms with van der Waals surface area (Å²) in [6, 6.07) is 6.45. The number of hydrogen-bond donors (Lipinski definition) is 2. The first-order chi connectivity index (χ1) is 8.63. The van der Waals surface area contributed by atoms with Crippen LogP contribution in [0.1, 0.15) is 36.6 Å². The van der Waals surface area contributed by atoms with Gasteiger partial charge in [0, 0.05) is 11.3 Å². The molecule has 0 aliphatic heterocycles. The number of H-pyrrole nitrogens is 1. The molecular weight excluding hydrogens is 222 g/mol. The van der Waals surface area contributed by atoms with Crippen LogP contribution in [-0.4, -0.2) is 10.2 Å². The van der Waals surface area contributed by atoms with Crippen LogP contribution in [0.3, 0.4) is 0 Å². The van der Waals surface area contributed by atoms with E-state index in [1.54, 1.807) is 0 Å². The first-order valence-corrected chi connectivity index (χ1v) is 6.53. The molecule has 0 fully saturated rings. The van der Waals surface area contributed by atoms with E-state index in [-0.39, 0.29) is 0 Å². The summed E-state index contributed by atoms with van der Waals surface area (Å²) in [4.78, 5) is 0. The number of rotatable bonds is 4. The number of anilines is 1. The molecule has 0 saturated heterocycles. The third-order valence-corrected chi connectivity index (χ3v) is 3.30. The Morgan fingerprint density at radius 2 is 2.06 bits per heavy atom. The van der Waals surface area contributed by atoms with Crippen LogP contribution < -0.4 is 5.73 Å². The number of aryl methyl sites for hydroxylation is 3. The molecule has 2 aromatic rings. The Bertz CT molecular complexity index is 541. The van der Waals surface area contributed by atoms with E-state index < -0.39 is 0 Å². The van der Waals surface area contributed by atoms with Crippen molar-refractivity contribution in [1.29, 1.82) is 0 Å². The highest BCUT2D eigenvalue weighted by atomic mass is 15.2. The highest BCUT2D eigenvalue weighted by Gasteiger charge is 2.14. The summed E-state index contributed by atoms with van der Waals surface area (Å²) in [5.74, 6) is 0.605. The van der Waals surface area contributed by atoms with Gasteiger partial charge in [-0.3, -0.25) is 5.10 Å². The molecule has 0 amide bonds. The highest BCUT2D eigenvalue weighted by Crippen LogP contribution is 2.31. The number of unbranched alkanes of at least 4 members (excludes halogenated alkanes) is 1. The van der Waals surface area contributed by atoms with Gasteiger partial charge in [0.1, 0.15) is 0 Å². The minimum atomic E-state index is 0.605. The zero-order chi connectivity index (χ0) is 13.1. The third-order valence-electron chi connectivity index (χ3n) is 3.30. The maximum Gasteiger partial charge on any atom is 0.153 e. The molecule has 0 aliphatic carbocycles. The fourth-order valence-corrected chi connectivity index (χ4v) is 2.32. The van der Waals surface area contributed by atoms with Gasteiger partial charge in [-0.1, -0.05) is 37.1 Å². The van der Waals surface area contributed by atoms with Crippen molar-refractivity contribution in [3.63, 3.8) is 0 Å². The number of nitrogens with one attached hydrogen (secondary N) is 1. The van der Waals surface area contributed by atoms with E-state index in [1.807, 2.05) is 0 Å². The number of benzene rings is 1. The van der Waals surface area contributed by atoms with Crippen LogP contribution in [0.4, 0.5) is 5.82 Å². The molecule has 96 valence electrons. The van der Waals surface area contributed by atoms with E-state index in [2.05, 4.69) is 49.2 Å². The Labute approximate surface area is 108 Å². The summed E-state index contributed by atoms with van der Waals surface area (Å²) < 4.78 is 0. The lowest BCUT2D eigenvalue weighted by Gasteiger charge is -2.08. The number of nitrogens with zero attached hydrogens (tertiary/aromatic N) is 1. The molecule has 2 rings (SSSR count). The molecule has 0 radical (unpaired) electrons. The molecule has 0 aliphatic rings. The van der Waals surface area contributed by atoms with Gasteiger partial charge in [0.15, 0.2) is 5.82 Å². The third kappa shape index (κ3) is 2.40. The molecule has 1 aromatic carbocycles.